The lowest BCUT2D eigenvalue weighted by Crippen LogP contribution is -2.31. The standard InChI is InChI=1S/C12H24N4O/c1-7(2)10(6-17)14-12-11(13)9(5)15-16(12)8(3)4/h7-8,10,14,17H,6,13H2,1-5H3. The van der Waals surface area contributed by atoms with Crippen molar-refractivity contribution in [3.63, 3.8) is 0 Å². The van der Waals surface area contributed by atoms with Gasteiger partial charge in [-0.05, 0) is 26.7 Å². The van der Waals surface area contributed by atoms with E-state index in [1.165, 1.54) is 0 Å². The van der Waals surface area contributed by atoms with Crippen LogP contribution < -0.4 is 11.1 Å². The normalized spacial score (nSPS) is 13.4. The number of aromatic nitrogens is 2. The summed E-state index contributed by atoms with van der Waals surface area (Å²) in [6.07, 6.45) is 0. The zero-order chi connectivity index (χ0) is 13.2. The van der Waals surface area contributed by atoms with Crippen LogP contribution in [0.1, 0.15) is 39.4 Å². The summed E-state index contributed by atoms with van der Waals surface area (Å²) in [5.41, 5.74) is 7.50. The van der Waals surface area contributed by atoms with E-state index in [9.17, 15) is 5.11 Å². The van der Waals surface area contributed by atoms with Crippen molar-refractivity contribution in [2.75, 3.05) is 17.7 Å². The fourth-order valence-electron chi connectivity index (χ4n) is 1.68. The highest BCUT2D eigenvalue weighted by Crippen LogP contribution is 2.27. The van der Waals surface area contributed by atoms with Gasteiger partial charge in [-0.15, -0.1) is 0 Å². The molecule has 5 nitrogen and oxygen atoms in total. The lowest BCUT2D eigenvalue weighted by Gasteiger charge is -2.23. The molecule has 0 amide bonds. The predicted octanol–water partition coefficient (Wildman–Crippen LogP) is 1.78. The zero-order valence-corrected chi connectivity index (χ0v) is 11.4. The topological polar surface area (TPSA) is 76.1 Å². The quantitative estimate of drug-likeness (QED) is 0.733. The van der Waals surface area contributed by atoms with E-state index in [2.05, 4.69) is 38.1 Å². The van der Waals surface area contributed by atoms with E-state index in [0.29, 0.717) is 11.6 Å². The highest BCUT2D eigenvalue weighted by molar-refractivity contribution is 5.65. The summed E-state index contributed by atoms with van der Waals surface area (Å²) in [6, 6.07) is 0.228. The third kappa shape index (κ3) is 2.91. The van der Waals surface area contributed by atoms with Crippen molar-refractivity contribution in [3.8, 4) is 0 Å². The van der Waals surface area contributed by atoms with Crippen LogP contribution in [-0.4, -0.2) is 27.5 Å². The molecule has 0 aromatic carbocycles. The smallest absolute Gasteiger partial charge is 0.148 e. The van der Waals surface area contributed by atoms with Crippen LogP contribution in [-0.2, 0) is 0 Å². The van der Waals surface area contributed by atoms with Gasteiger partial charge in [0.25, 0.3) is 0 Å². The maximum Gasteiger partial charge on any atom is 0.148 e. The van der Waals surface area contributed by atoms with E-state index in [0.717, 1.165) is 11.5 Å². The number of nitrogen functional groups attached to an aromatic ring is 1. The first-order chi connectivity index (χ1) is 7.88. The molecular formula is C12H24N4O. The van der Waals surface area contributed by atoms with Gasteiger partial charge in [-0.3, -0.25) is 0 Å². The van der Waals surface area contributed by atoms with Gasteiger partial charge in [0, 0.05) is 6.04 Å². The van der Waals surface area contributed by atoms with Crippen LogP contribution in [0.15, 0.2) is 0 Å². The number of rotatable bonds is 5. The molecule has 0 bridgehead atoms. The van der Waals surface area contributed by atoms with Gasteiger partial charge in [-0.25, -0.2) is 4.68 Å². The minimum atomic E-state index is -0.00843. The Hall–Kier alpha value is -1.23. The number of hydrogen-bond acceptors (Lipinski definition) is 4. The molecule has 0 fully saturated rings. The molecule has 1 unspecified atom stereocenters. The molecule has 0 aliphatic heterocycles. The molecule has 1 rings (SSSR count). The van der Waals surface area contributed by atoms with Crippen LogP contribution >= 0.6 is 0 Å². The Kier molecular flexibility index (Phi) is 4.40. The maximum absolute atomic E-state index is 9.35. The number of nitrogens with two attached hydrogens (primary N) is 1. The average molecular weight is 240 g/mol. The third-order valence-electron chi connectivity index (χ3n) is 2.94. The van der Waals surface area contributed by atoms with Gasteiger partial charge in [-0.2, -0.15) is 5.10 Å². The van der Waals surface area contributed by atoms with Crippen molar-refractivity contribution in [3.05, 3.63) is 5.69 Å². The van der Waals surface area contributed by atoms with E-state index in [-0.39, 0.29) is 18.7 Å². The third-order valence-corrected chi connectivity index (χ3v) is 2.94. The Labute approximate surface area is 103 Å². The van der Waals surface area contributed by atoms with Crippen LogP contribution in [0.4, 0.5) is 11.5 Å². The highest BCUT2D eigenvalue weighted by atomic mass is 16.3. The zero-order valence-electron chi connectivity index (χ0n) is 11.4. The first kappa shape index (κ1) is 13.8. The van der Waals surface area contributed by atoms with Gasteiger partial charge in [0.1, 0.15) is 5.82 Å². The second kappa shape index (κ2) is 5.40. The second-order valence-corrected chi connectivity index (χ2v) is 5.06. The Morgan fingerprint density at radius 1 is 1.35 bits per heavy atom. The summed E-state index contributed by atoms with van der Waals surface area (Å²) in [5.74, 6) is 1.14. The fraction of sp³-hybridized carbons (Fsp3) is 0.750. The van der Waals surface area contributed by atoms with Gasteiger partial charge in [0.05, 0.1) is 24.0 Å². The molecule has 0 spiro atoms. The van der Waals surface area contributed by atoms with Crippen LogP contribution in [0, 0.1) is 12.8 Å². The van der Waals surface area contributed by atoms with E-state index in [1.54, 1.807) is 0 Å². The summed E-state index contributed by atoms with van der Waals surface area (Å²) in [7, 11) is 0. The first-order valence-corrected chi connectivity index (χ1v) is 6.10. The fourth-order valence-corrected chi connectivity index (χ4v) is 1.68. The lowest BCUT2D eigenvalue weighted by molar-refractivity contribution is 0.248. The molecule has 0 saturated heterocycles. The van der Waals surface area contributed by atoms with Gasteiger partial charge >= 0.3 is 0 Å². The Balaban J connectivity index is 3.03. The van der Waals surface area contributed by atoms with E-state index in [1.807, 2.05) is 11.6 Å². The minimum absolute atomic E-state index is 0.00843. The number of aryl methyl sites for hydroxylation is 1. The van der Waals surface area contributed by atoms with Crippen LogP contribution in [0.2, 0.25) is 0 Å². The summed E-state index contributed by atoms with van der Waals surface area (Å²) in [5, 5.41) is 17.0. The van der Waals surface area contributed by atoms with E-state index in [4.69, 9.17) is 5.73 Å². The van der Waals surface area contributed by atoms with Crippen molar-refractivity contribution in [2.45, 2.75) is 46.7 Å². The van der Waals surface area contributed by atoms with Gasteiger partial charge in [-0.1, -0.05) is 13.8 Å². The van der Waals surface area contributed by atoms with Crippen molar-refractivity contribution < 1.29 is 5.11 Å². The Bertz CT molecular complexity index is 371. The predicted molar refractivity (Wildman–Crippen MR) is 71.1 cm³/mol. The van der Waals surface area contributed by atoms with Gasteiger partial charge in [0.15, 0.2) is 0 Å². The molecule has 98 valence electrons. The minimum Gasteiger partial charge on any atom is -0.394 e. The summed E-state index contributed by atoms with van der Waals surface area (Å²) >= 11 is 0. The average Bonchev–Trinajstić information content (AvgIpc) is 2.52. The monoisotopic (exact) mass is 240 g/mol. The van der Waals surface area contributed by atoms with Crippen molar-refractivity contribution in [1.29, 1.82) is 0 Å². The summed E-state index contributed by atoms with van der Waals surface area (Å²) in [4.78, 5) is 0. The number of hydrogen-bond donors (Lipinski definition) is 3. The molecule has 0 aliphatic carbocycles. The number of nitrogens with zero attached hydrogens (tertiary/aromatic N) is 2. The molecule has 1 heterocycles. The maximum atomic E-state index is 9.35. The van der Waals surface area contributed by atoms with Crippen LogP contribution in [0.25, 0.3) is 0 Å². The van der Waals surface area contributed by atoms with Gasteiger partial charge in [0.2, 0.25) is 0 Å². The van der Waals surface area contributed by atoms with Crippen molar-refractivity contribution >= 4 is 11.5 Å². The molecule has 0 radical (unpaired) electrons. The largest absolute Gasteiger partial charge is 0.394 e. The lowest BCUT2D eigenvalue weighted by atomic mass is 10.1. The molecule has 4 N–H and O–H groups in total. The molecule has 1 atom stereocenters. The molecule has 0 saturated carbocycles. The number of nitrogens with one attached hydrogen (secondary N) is 1. The van der Waals surface area contributed by atoms with E-state index < -0.39 is 0 Å². The van der Waals surface area contributed by atoms with Crippen molar-refractivity contribution in [2.24, 2.45) is 5.92 Å². The Morgan fingerprint density at radius 3 is 2.35 bits per heavy atom. The number of aliphatic hydroxyl groups excluding tert-OH is 1. The second-order valence-electron chi connectivity index (χ2n) is 5.06. The summed E-state index contributed by atoms with van der Waals surface area (Å²) in [6.45, 7) is 10.2. The molecule has 17 heavy (non-hydrogen) atoms. The molecule has 5 heteroatoms. The van der Waals surface area contributed by atoms with Crippen LogP contribution in [0.5, 0.6) is 0 Å². The summed E-state index contributed by atoms with van der Waals surface area (Å²) < 4.78 is 1.87. The van der Waals surface area contributed by atoms with Crippen LogP contribution in [0.3, 0.4) is 0 Å². The molecular weight excluding hydrogens is 216 g/mol. The first-order valence-electron chi connectivity index (χ1n) is 6.10. The van der Waals surface area contributed by atoms with Gasteiger partial charge < -0.3 is 16.2 Å². The SMILES string of the molecule is Cc1nn(C(C)C)c(NC(CO)C(C)C)c1N. The molecule has 1 aromatic heterocycles. The molecule has 0 aliphatic rings. The number of anilines is 2. The highest BCUT2D eigenvalue weighted by Gasteiger charge is 2.19. The molecule has 1 aromatic rings. The van der Waals surface area contributed by atoms with E-state index >= 15 is 0 Å². The Morgan fingerprint density at radius 2 is 1.94 bits per heavy atom. The van der Waals surface area contributed by atoms with Crippen molar-refractivity contribution in [1.82, 2.24) is 9.78 Å². The number of aliphatic hydroxyl groups is 1.